The highest BCUT2D eigenvalue weighted by Crippen LogP contribution is 2.38. The smallest absolute Gasteiger partial charge is 0.325 e. The number of alkyl halides is 2. The lowest BCUT2D eigenvalue weighted by Gasteiger charge is -2.27. The van der Waals surface area contributed by atoms with Gasteiger partial charge in [0.05, 0.1) is 30.6 Å². The van der Waals surface area contributed by atoms with Crippen LogP contribution < -0.4 is 16.1 Å². The molecule has 9 nitrogen and oxygen atoms in total. The number of aromatic nitrogens is 4. The maximum atomic E-state index is 14.8. The molecular formula is C21H24F2N6O3S. The second-order valence-corrected chi connectivity index (χ2v) is 9.45. The van der Waals surface area contributed by atoms with E-state index in [1.807, 2.05) is 0 Å². The van der Waals surface area contributed by atoms with Gasteiger partial charge in [0.25, 0.3) is 11.5 Å². The zero-order valence-electron chi connectivity index (χ0n) is 17.9. The van der Waals surface area contributed by atoms with E-state index in [1.54, 1.807) is 6.07 Å². The van der Waals surface area contributed by atoms with Gasteiger partial charge in [-0.05, 0) is 32.0 Å². The van der Waals surface area contributed by atoms with Crippen molar-refractivity contribution in [2.75, 3.05) is 44.2 Å². The summed E-state index contributed by atoms with van der Waals surface area (Å²) in [6.07, 6.45) is 4.95. The molecule has 2 aliphatic rings. The Kier molecular flexibility index (Phi) is 5.97. The lowest BCUT2D eigenvalue weighted by Crippen LogP contribution is -2.38. The van der Waals surface area contributed by atoms with E-state index >= 15 is 0 Å². The van der Waals surface area contributed by atoms with Gasteiger partial charge in [-0.3, -0.25) is 9.78 Å². The van der Waals surface area contributed by atoms with Crippen LogP contribution in [0.4, 0.5) is 14.6 Å². The van der Waals surface area contributed by atoms with Crippen molar-refractivity contribution in [3.8, 4) is 10.4 Å². The molecule has 5 heterocycles. The van der Waals surface area contributed by atoms with Gasteiger partial charge in [0.1, 0.15) is 23.1 Å². The van der Waals surface area contributed by atoms with Crippen LogP contribution in [0.1, 0.15) is 19.3 Å². The number of halogens is 2. The number of piperidine rings is 1. The summed E-state index contributed by atoms with van der Waals surface area (Å²) in [7, 11) is 0. The number of anilines is 1. The lowest BCUT2D eigenvalue weighted by molar-refractivity contribution is -0.107. The van der Waals surface area contributed by atoms with E-state index in [9.17, 15) is 18.4 Å². The zero-order valence-corrected chi connectivity index (χ0v) is 18.7. The van der Waals surface area contributed by atoms with Crippen LogP contribution in [0.5, 0.6) is 0 Å². The van der Waals surface area contributed by atoms with Crippen molar-refractivity contribution in [3.63, 3.8) is 0 Å². The molecule has 0 amide bonds. The van der Waals surface area contributed by atoms with Gasteiger partial charge in [-0.15, -0.1) is 11.3 Å². The molecule has 0 bridgehead atoms. The number of H-pyrrole nitrogens is 2. The summed E-state index contributed by atoms with van der Waals surface area (Å²) >= 11 is 1.23. The normalized spacial score (nSPS) is 21.2. The van der Waals surface area contributed by atoms with Crippen LogP contribution >= 0.6 is 11.3 Å². The zero-order chi connectivity index (χ0) is 23.0. The van der Waals surface area contributed by atoms with Crippen molar-refractivity contribution in [2.24, 2.45) is 0 Å². The Balaban J connectivity index is 1.34. The average molecular weight is 479 g/mol. The molecular weight excluding hydrogens is 454 g/mol. The number of fused-ring (bicyclic) bond motifs is 1. The number of thiophene rings is 1. The minimum Gasteiger partial charge on any atom is -0.369 e. The van der Waals surface area contributed by atoms with Crippen molar-refractivity contribution in [1.29, 1.82) is 0 Å². The third-order valence-electron chi connectivity index (χ3n) is 6.13. The summed E-state index contributed by atoms with van der Waals surface area (Å²) in [4.78, 5) is 41.5. The highest BCUT2D eigenvalue weighted by atomic mass is 32.1. The van der Waals surface area contributed by atoms with E-state index < -0.39 is 29.8 Å². The molecule has 2 aliphatic heterocycles. The number of nitrogens with one attached hydrogen (secondary N) is 2. The Hall–Kier alpha value is -2.70. The first-order chi connectivity index (χ1) is 15.9. The number of hydrogen-bond acceptors (Lipinski definition) is 8. The fourth-order valence-electron chi connectivity index (χ4n) is 4.42. The molecule has 0 aromatic carbocycles. The third kappa shape index (κ3) is 4.55. The highest BCUT2D eigenvalue weighted by Gasteiger charge is 2.49. The molecule has 2 fully saturated rings. The van der Waals surface area contributed by atoms with Gasteiger partial charge in [0.2, 0.25) is 0 Å². The Morgan fingerprint density at radius 1 is 1.21 bits per heavy atom. The maximum Gasteiger partial charge on any atom is 0.325 e. The summed E-state index contributed by atoms with van der Waals surface area (Å²) in [5.41, 5.74) is -0.861. The highest BCUT2D eigenvalue weighted by molar-refractivity contribution is 7.21. The first-order valence-electron chi connectivity index (χ1n) is 10.9. The fraction of sp³-hybridized carbons (Fsp3) is 0.524. The standard InChI is InChI=1S/C21H24F2N6O3S/c22-21(23)11-29(10-16(21)32-7-6-28-4-2-1-3-5-28)17-13-8-15(33-19(13)26-12-25-17)14-9-24-20(31)27-18(14)30/h8-9,12,16H,1-7,10-11H2,(H2,24,27,30,31). The Morgan fingerprint density at radius 2 is 2.03 bits per heavy atom. The third-order valence-corrected chi connectivity index (χ3v) is 7.20. The van der Waals surface area contributed by atoms with Crippen molar-refractivity contribution < 1.29 is 13.5 Å². The van der Waals surface area contributed by atoms with Gasteiger partial charge in [-0.25, -0.2) is 23.5 Å². The monoisotopic (exact) mass is 478 g/mol. The van der Waals surface area contributed by atoms with Gasteiger partial charge in [0, 0.05) is 17.6 Å². The second-order valence-electron chi connectivity index (χ2n) is 8.42. The van der Waals surface area contributed by atoms with Gasteiger partial charge in [0.15, 0.2) is 0 Å². The molecule has 2 saturated heterocycles. The molecule has 3 aromatic rings. The van der Waals surface area contributed by atoms with E-state index in [1.165, 1.54) is 35.2 Å². The summed E-state index contributed by atoms with van der Waals surface area (Å²) in [6.45, 7) is 2.43. The summed E-state index contributed by atoms with van der Waals surface area (Å²) < 4.78 is 35.2. The fourth-order valence-corrected chi connectivity index (χ4v) is 5.42. The van der Waals surface area contributed by atoms with Crippen LogP contribution in [0, 0.1) is 0 Å². The van der Waals surface area contributed by atoms with Crippen LogP contribution in [-0.2, 0) is 4.74 Å². The molecule has 5 rings (SSSR count). The van der Waals surface area contributed by atoms with Crippen LogP contribution in [-0.4, -0.2) is 76.2 Å². The Labute approximate surface area is 191 Å². The molecule has 1 unspecified atom stereocenters. The molecule has 0 radical (unpaired) electrons. The average Bonchev–Trinajstić information content (AvgIpc) is 3.34. The van der Waals surface area contributed by atoms with E-state index in [2.05, 4.69) is 24.8 Å². The second kappa shape index (κ2) is 8.92. The number of aromatic amines is 2. The van der Waals surface area contributed by atoms with Crippen molar-refractivity contribution in [3.05, 3.63) is 39.4 Å². The Bertz CT molecular complexity index is 1250. The molecule has 0 saturated carbocycles. The number of nitrogens with zero attached hydrogens (tertiary/aromatic N) is 4. The van der Waals surface area contributed by atoms with Gasteiger partial charge in [-0.2, -0.15) is 0 Å². The van der Waals surface area contributed by atoms with Crippen LogP contribution in [0.3, 0.4) is 0 Å². The summed E-state index contributed by atoms with van der Waals surface area (Å²) in [6, 6.07) is 1.70. The van der Waals surface area contributed by atoms with Crippen molar-refractivity contribution >= 4 is 27.4 Å². The largest absolute Gasteiger partial charge is 0.369 e. The maximum absolute atomic E-state index is 14.8. The lowest BCUT2D eigenvalue weighted by atomic mass is 10.1. The number of ether oxygens (including phenoxy) is 1. The molecule has 3 aromatic heterocycles. The minimum atomic E-state index is -3.01. The molecule has 33 heavy (non-hydrogen) atoms. The van der Waals surface area contributed by atoms with E-state index in [0.717, 1.165) is 25.9 Å². The predicted octanol–water partition coefficient (Wildman–Crippen LogP) is 2.06. The van der Waals surface area contributed by atoms with Crippen LogP contribution in [0.2, 0.25) is 0 Å². The van der Waals surface area contributed by atoms with E-state index in [4.69, 9.17) is 4.74 Å². The topological polar surface area (TPSA) is 107 Å². The van der Waals surface area contributed by atoms with Crippen molar-refractivity contribution in [1.82, 2.24) is 24.8 Å². The predicted molar refractivity (Wildman–Crippen MR) is 121 cm³/mol. The molecule has 2 N–H and O–H groups in total. The number of hydrogen-bond donors (Lipinski definition) is 2. The first kappa shape index (κ1) is 22.1. The SMILES string of the molecule is O=c1[nH]cc(-c2cc3c(N4CC(OCCN5CCCCC5)C(F)(F)C4)ncnc3s2)c(=O)[nH]1. The number of likely N-dealkylation sites (tertiary alicyclic amines) is 1. The summed E-state index contributed by atoms with van der Waals surface area (Å²) in [5.74, 6) is -2.63. The van der Waals surface area contributed by atoms with Crippen molar-refractivity contribution in [2.45, 2.75) is 31.3 Å². The van der Waals surface area contributed by atoms with Gasteiger partial charge >= 0.3 is 5.69 Å². The molecule has 0 aliphatic carbocycles. The van der Waals surface area contributed by atoms with E-state index in [0.29, 0.717) is 27.5 Å². The van der Waals surface area contributed by atoms with Crippen LogP contribution in [0.15, 0.2) is 28.2 Å². The quantitative estimate of drug-likeness (QED) is 0.559. The molecule has 1 atom stereocenters. The van der Waals surface area contributed by atoms with Gasteiger partial charge < -0.3 is 19.5 Å². The summed E-state index contributed by atoms with van der Waals surface area (Å²) in [5, 5.41) is 0.577. The first-order valence-corrected chi connectivity index (χ1v) is 11.8. The van der Waals surface area contributed by atoms with E-state index in [-0.39, 0.29) is 18.7 Å². The number of rotatable bonds is 6. The molecule has 176 valence electrons. The van der Waals surface area contributed by atoms with Crippen LogP contribution in [0.25, 0.3) is 20.7 Å². The minimum absolute atomic E-state index is 0.0174. The van der Waals surface area contributed by atoms with Gasteiger partial charge in [-0.1, -0.05) is 6.42 Å². The molecule has 12 heteroatoms. The molecule has 0 spiro atoms. The Morgan fingerprint density at radius 3 is 2.82 bits per heavy atom.